The van der Waals surface area contributed by atoms with E-state index in [1.54, 1.807) is 13.2 Å². The lowest BCUT2D eigenvalue weighted by molar-refractivity contribution is 0.277. The first kappa shape index (κ1) is 18.5. The second-order valence-electron chi connectivity index (χ2n) is 7.46. The van der Waals surface area contributed by atoms with E-state index in [0.717, 1.165) is 35.1 Å². The highest BCUT2D eigenvalue weighted by atomic mass is 19.1. The van der Waals surface area contributed by atoms with E-state index in [1.165, 1.54) is 32.1 Å². The van der Waals surface area contributed by atoms with Crippen LogP contribution in [0.25, 0.3) is 0 Å². The molecule has 0 saturated heterocycles. The summed E-state index contributed by atoms with van der Waals surface area (Å²) in [6.07, 6.45) is 7.48. The Balaban J connectivity index is 1.59. The molecular weight excluding hydrogens is 323 g/mol. The van der Waals surface area contributed by atoms with Crippen LogP contribution in [0.3, 0.4) is 0 Å². The van der Waals surface area contributed by atoms with E-state index < -0.39 is 0 Å². The largest absolute Gasteiger partial charge is 0.497 e. The molecular formula is C24H27FO. The predicted octanol–water partition coefficient (Wildman–Crippen LogP) is 5.99. The molecule has 2 heteroatoms. The van der Waals surface area contributed by atoms with Crippen LogP contribution in [-0.4, -0.2) is 7.11 Å². The number of hydrogen-bond donors (Lipinski definition) is 0. The summed E-state index contributed by atoms with van der Waals surface area (Å²) in [5.74, 6) is 8.21. The van der Waals surface area contributed by atoms with Crippen LogP contribution in [0.4, 0.5) is 4.39 Å². The molecule has 2 aromatic rings. The highest BCUT2D eigenvalue weighted by molar-refractivity contribution is 5.45. The van der Waals surface area contributed by atoms with Gasteiger partial charge in [0.25, 0.3) is 0 Å². The molecule has 0 spiro atoms. The molecule has 0 radical (unpaired) electrons. The van der Waals surface area contributed by atoms with E-state index in [1.807, 2.05) is 36.4 Å². The monoisotopic (exact) mass is 350 g/mol. The third-order valence-corrected chi connectivity index (χ3v) is 5.44. The van der Waals surface area contributed by atoms with E-state index in [0.29, 0.717) is 5.56 Å². The van der Waals surface area contributed by atoms with Crippen molar-refractivity contribution in [3.05, 3.63) is 65.0 Å². The first-order chi connectivity index (χ1) is 12.6. The molecule has 1 fully saturated rings. The van der Waals surface area contributed by atoms with Gasteiger partial charge in [0.15, 0.2) is 0 Å². The van der Waals surface area contributed by atoms with Crippen LogP contribution in [0.2, 0.25) is 0 Å². The maximum absolute atomic E-state index is 14.4. The summed E-state index contributed by atoms with van der Waals surface area (Å²) in [6, 6.07) is 13.0. The predicted molar refractivity (Wildman–Crippen MR) is 105 cm³/mol. The van der Waals surface area contributed by atoms with E-state index >= 15 is 0 Å². The van der Waals surface area contributed by atoms with Gasteiger partial charge in [0, 0.05) is 5.56 Å². The molecule has 0 aromatic heterocycles. The average molecular weight is 350 g/mol. The van der Waals surface area contributed by atoms with Crippen LogP contribution in [0, 0.1) is 29.5 Å². The van der Waals surface area contributed by atoms with Crippen molar-refractivity contribution in [1.29, 1.82) is 0 Å². The molecule has 0 heterocycles. The zero-order valence-electron chi connectivity index (χ0n) is 15.7. The maximum atomic E-state index is 14.4. The van der Waals surface area contributed by atoms with E-state index in [9.17, 15) is 4.39 Å². The number of halogens is 1. The molecule has 26 heavy (non-hydrogen) atoms. The first-order valence-corrected chi connectivity index (χ1v) is 9.58. The lowest BCUT2D eigenvalue weighted by atomic mass is 9.80. The van der Waals surface area contributed by atoms with Crippen LogP contribution in [0.15, 0.2) is 42.5 Å². The van der Waals surface area contributed by atoms with E-state index in [2.05, 4.69) is 18.8 Å². The zero-order chi connectivity index (χ0) is 18.4. The van der Waals surface area contributed by atoms with Crippen molar-refractivity contribution in [2.45, 2.75) is 45.4 Å². The minimum Gasteiger partial charge on any atom is -0.497 e. The molecule has 0 aliphatic heterocycles. The van der Waals surface area contributed by atoms with Gasteiger partial charge in [-0.1, -0.05) is 50.5 Å². The topological polar surface area (TPSA) is 9.23 Å². The van der Waals surface area contributed by atoms with Crippen LogP contribution in [0.1, 0.15) is 55.7 Å². The standard InChI is InChI=1S/C24H27FO/c1-18-3-5-19(6-4-18)7-8-21-10-14-22(24(25)17-21)13-9-20-11-15-23(26-2)16-12-20/h10-12,14-19H,3-8H2,1-2H3. The molecule has 1 aliphatic rings. The number of ether oxygens (including phenoxy) is 1. The first-order valence-electron chi connectivity index (χ1n) is 9.58. The Morgan fingerprint density at radius 2 is 1.73 bits per heavy atom. The molecule has 0 amide bonds. The Morgan fingerprint density at radius 3 is 2.38 bits per heavy atom. The average Bonchev–Trinajstić information content (AvgIpc) is 2.67. The van der Waals surface area contributed by atoms with Gasteiger partial charge in [-0.2, -0.15) is 0 Å². The molecule has 1 nitrogen and oxygen atoms in total. The van der Waals surface area contributed by atoms with Crippen molar-refractivity contribution in [2.75, 3.05) is 7.11 Å². The van der Waals surface area contributed by atoms with Gasteiger partial charge in [0.05, 0.1) is 12.7 Å². The molecule has 0 N–H and O–H groups in total. The van der Waals surface area contributed by atoms with Crippen LogP contribution < -0.4 is 4.74 Å². The third-order valence-electron chi connectivity index (χ3n) is 5.44. The van der Waals surface area contributed by atoms with Crippen molar-refractivity contribution in [3.8, 4) is 17.6 Å². The fourth-order valence-corrected chi connectivity index (χ4v) is 3.62. The summed E-state index contributed by atoms with van der Waals surface area (Å²) in [7, 11) is 1.63. The van der Waals surface area contributed by atoms with Crippen molar-refractivity contribution in [1.82, 2.24) is 0 Å². The smallest absolute Gasteiger partial charge is 0.139 e. The van der Waals surface area contributed by atoms with Gasteiger partial charge in [-0.3, -0.25) is 0 Å². The van der Waals surface area contributed by atoms with Gasteiger partial charge < -0.3 is 4.74 Å². The lowest BCUT2D eigenvalue weighted by Gasteiger charge is -2.26. The van der Waals surface area contributed by atoms with Gasteiger partial charge in [-0.05, 0) is 66.6 Å². The summed E-state index contributed by atoms with van der Waals surface area (Å²) in [4.78, 5) is 0. The van der Waals surface area contributed by atoms with Crippen LogP contribution >= 0.6 is 0 Å². The molecule has 3 rings (SSSR count). The molecule has 2 aromatic carbocycles. The quantitative estimate of drug-likeness (QED) is 0.615. The molecule has 0 bridgehead atoms. The number of aryl methyl sites for hydroxylation is 1. The summed E-state index contributed by atoms with van der Waals surface area (Å²) in [5, 5.41) is 0. The lowest BCUT2D eigenvalue weighted by Crippen LogP contribution is -2.12. The molecule has 1 aliphatic carbocycles. The normalized spacial score (nSPS) is 19.5. The zero-order valence-corrected chi connectivity index (χ0v) is 15.7. The summed E-state index contributed by atoms with van der Waals surface area (Å²) in [6.45, 7) is 2.34. The Labute approximate surface area is 156 Å². The van der Waals surface area contributed by atoms with E-state index in [4.69, 9.17) is 4.74 Å². The Morgan fingerprint density at radius 1 is 1.00 bits per heavy atom. The highest BCUT2D eigenvalue weighted by Gasteiger charge is 2.17. The highest BCUT2D eigenvalue weighted by Crippen LogP contribution is 2.31. The van der Waals surface area contributed by atoms with Gasteiger partial charge >= 0.3 is 0 Å². The van der Waals surface area contributed by atoms with Gasteiger partial charge in [-0.15, -0.1) is 0 Å². The number of methoxy groups -OCH3 is 1. The summed E-state index contributed by atoms with van der Waals surface area (Å²) in [5.41, 5.74) is 2.38. The Hall–Kier alpha value is -2.27. The number of hydrogen-bond acceptors (Lipinski definition) is 1. The number of benzene rings is 2. The molecule has 0 unspecified atom stereocenters. The molecule has 0 atom stereocenters. The van der Waals surface area contributed by atoms with Crippen LogP contribution in [0.5, 0.6) is 5.75 Å². The van der Waals surface area contributed by atoms with Gasteiger partial charge in [0.2, 0.25) is 0 Å². The van der Waals surface area contributed by atoms with Crippen LogP contribution in [-0.2, 0) is 6.42 Å². The van der Waals surface area contributed by atoms with E-state index in [-0.39, 0.29) is 5.82 Å². The number of rotatable bonds is 4. The SMILES string of the molecule is COc1ccc(C#Cc2ccc(CCC3CCC(C)CC3)cc2F)cc1. The van der Waals surface area contributed by atoms with Gasteiger partial charge in [-0.25, -0.2) is 4.39 Å². The van der Waals surface area contributed by atoms with Crippen molar-refractivity contribution >= 4 is 0 Å². The fourth-order valence-electron chi connectivity index (χ4n) is 3.62. The second-order valence-corrected chi connectivity index (χ2v) is 7.46. The third kappa shape index (κ3) is 5.11. The minimum atomic E-state index is -0.222. The van der Waals surface area contributed by atoms with Crippen molar-refractivity contribution < 1.29 is 9.13 Å². The minimum absolute atomic E-state index is 0.222. The molecule has 1 saturated carbocycles. The Bertz CT molecular complexity index is 774. The fraction of sp³-hybridized carbons (Fsp3) is 0.417. The van der Waals surface area contributed by atoms with Crippen molar-refractivity contribution in [2.24, 2.45) is 11.8 Å². The van der Waals surface area contributed by atoms with Crippen molar-refractivity contribution in [3.63, 3.8) is 0 Å². The summed E-state index contributed by atoms with van der Waals surface area (Å²) < 4.78 is 19.5. The van der Waals surface area contributed by atoms with Gasteiger partial charge in [0.1, 0.15) is 11.6 Å². The Kier molecular flexibility index (Phi) is 6.34. The maximum Gasteiger partial charge on any atom is 0.139 e. The molecule has 136 valence electrons. The summed E-state index contributed by atoms with van der Waals surface area (Å²) >= 11 is 0. The second kappa shape index (κ2) is 8.90.